The van der Waals surface area contributed by atoms with E-state index in [1.165, 1.54) is 19.2 Å². The van der Waals surface area contributed by atoms with Crippen LogP contribution in [0.5, 0.6) is 11.5 Å². The summed E-state index contributed by atoms with van der Waals surface area (Å²) in [4.78, 5) is 17.2. The normalized spacial score (nSPS) is 15.1. The molecule has 3 rings (SSSR count). The van der Waals surface area contributed by atoms with Crippen molar-refractivity contribution in [3.8, 4) is 11.5 Å². The predicted octanol–water partition coefficient (Wildman–Crippen LogP) is 4.23. The quantitative estimate of drug-likeness (QED) is 0.701. The van der Waals surface area contributed by atoms with Crippen LogP contribution in [0.3, 0.4) is 0 Å². The van der Waals surface area contributed by atoms with Crippen LogP contribution in [-0.2, 0) is 6.54 Å². The largest absolute Gasteiger partial charge is 0.493 e. The lowest BCUT2D eigenvalue weighted by Crippen LogP contribution is -2.35. The van der Waals surface area contributed by atoms with Gasteiger partial charge in [-0.15, -0.1) is 0 Å². The van der Waals surface area contributed by atoms with E-state index in [9.17, 15) is 9.18 Å². The molecule has 1 heterocycles. The lowest BCUT2D eigenvalue weighted by molar-refractivity contribution is 0.0760. The monoisotopic (exact) mass is 420 g/mol. The molecule has 0 aromatic heterocycles. The zero-order valence-corrected chi connectivity index (χ0v) is 17.5. The number of halogens is 2. The number of amides is 1. The van der Waals surface area contributed by atoms with Crippen LogP contribution < -0.4 is 9.47 Å². The highest BCUT2D eigenvalue weighted by Gasteiger charge is 2.23. The van der Waals surface area contributed by atoms with Crippen molar-refractivity contribution in [2.24, 2.45) is 0 Å². The highest BCUT2D eigenvalue weighted by Crippen LogP contribution is 2.36. The molecule has 0 bridgehead atoms. The first-order valence-electron chi connectivity index (χ1n) is 9.78. The van der Waals surface area contributed by atoms with E-state index in [0.29, 0.717) is 41.8 Å². The smallest absolute Gasteiger partial charge is 0.254 e. The molecule has 2 aromatic rings. The van der Waals surface area contributed by atoms with Crippen molar-refractivity contribution in [2.45, 2.75) is 19.9 Å². The van der Waals surface area contributed by atoms with E-state index in [1.54, 1.807) is 24.3 Å². The van der Waals surface area contributed by atoms with E-state index in [2.05, 4.69) is 4.90 Å². The van der Waals surface area contributed by atoms with Gasteiger partial charge in [0.25, 0.3) is 5.91 Å². The van der Waals surface area contributed by atoms with Gasteiger partial charge in [-0.05, 0) is 43.2 Å². The molecule has 0 radical (unpaired) electrons. The summed E-state index contributed by atoms with van der Waals surface area (Å²) in [5, 5.41) is 0.363. The summed E-state index contributed by atoms with van der Waals surface area (Å²) >= 11 is 6.32. The van der Waals surface area contributed by atoms with Gasteiger partial charge in [0.05, 0.1) is 18.7 Å². The Bertz CT molecular complexity index is 845. The second-order valence-corrected chi connectivity index (χ2v) is 7.38. The van der Waals surface area contributed by atoms with Crippen LogP contribution in [0.4, 0.5) is 4.39 Å². The van der Waals surface area contributed by atoms with Gasteiger partial charge < -0.3 is 14.4 Å². The van der Waals surface area contributed by atoms with Crippen LogP contribution in [0.15, 0.2) is 36.4 Å². The molecule has 1 aliphatic heterocycles. The molecule has 0 saturated carbocycles. The number of rotatable bonds is 6. The third kappa shape index (κ3) is 5.40. The Morgan fingerprint density at radius 3 is 2.59 bits per heavy atom. The Balaban J connectivity index is 1.67. The average molecular weight is 421 g/mol. The number of carbonyl (C=O) groups excluding carboxylic acids is 1. The maximum Gasteiger partial charge on any atom is 0.254 e. The van der Waals surface area contributed by atoms with Crippen molar-refractivity contribution < 1.29 is 18.7 Å². The zero-order valence-electron chi connectivity index (χ0n) is 16.8. The van der Waals surface area contributed by atoms with E-state index in [-0.39, 0.29) is 11.7 Å². The van der Waals surface area contributed by atoms with E-state index < -0.39 is 0 Å². The maximum absolute atomic E-state index is 13.1. The summed E-state index contributed by atoms with van der Waals surface area (Å²) in [5.41, 5.74) is 1.55. The molecular weight excluding hydrogens is 395 g/mol. The number of benzene rings is 2. The topological polar surface area (TPSA) is 42.0 Å². The van der Waals surface area contributed by atoms with Gasteiger partial charge in [-0.3, -0.25) is 9.69 Å². The van der Waals surface area contributed by atoms with Crippen molar-refractivity contribution in [3.05, 3.63) is 58.4 Å². The van der Waals surface area contributed by atoms with Crippen molar-refractivity contribution >= 4 is 17.5 Å². The van der Waals surface area contributed by atoms with E-state index in [0.717, 1.165) is 31.6 Å². The Morgan fingerprint density at radius 2 is 1.90 bits per heavy atom. The molecule has 0 N–H and O–H groups in total. The minimum absolute atomic E-state index is 0.0723. The van der Waals surface area contributed by atoms with Gasteiger partial charge in [-0.25, -0.2) is 4.39 Å². The Labute approximate surface area is 176 Å². The van der Waals surface area contributed by atoms with E-state index >= 15 is 0 Å². The van der Waals surface area contributed by atoms with Gasteiger partial charge in [-0.2, -0.15) is 0 Å². The maximum atomic E-state index is 13.1. The fourth-order valence-electron chi connectivity index (χ4n) is 3.49. The molecule has 0 unspecified atom stereocenters. The van der Waals surface area contributed by atoms with Crippen LogP contribution >= 0.6 is 11.6 Å². The van der Waals surface area contributed by atoms with Crippen molar-refractivity contribution in [1.82, 2.24) is 9.80 Å². The number of hydrogen-bond acceptors (Lipinski definition) is 4. The molecule has 1 saturated heterocycles. The molecule has 156 valence electrons. The first-order chi connectivity index (χ1) is 14.0. The van der Waals surface area contributed by atoms with Gasteiger partial charge in [0, 0.05) is 38.3 Å². The molecule has 1 fully saturated rings. The van der Waals surface area contributed by atoms with E-state index in [1.807, 2.05) is 11.8 Å². The minimum Gasteiger partial charge on any atom is -0.493 e. The molecule has 0 atom stereocenters. The number of ether oxygens (including phenoxy) is 2. The third-order valence-corrected chi connectivity index (χ3v) is 5.24. The van der Waals surface area contributed by atoms with Crippen LogP contribution in [0.2, 0.25) is 5.02 Å². The van der Waals surface area contributed by atoms with Gasteiger partial charge in [0.15, 0.2) is 11.5 Å². The van der Waals surface area contributed by atoms with Crippen LogP contribution in [-0.4, -0.2) is 55.6 Å². The summed E-state index contributed by atoms with van der Waals surface area (Å²) in [5.74, 6) is 0.604. The number of carbonyl (C=O) groups is 1. The summed E-state index contributed by atoms with van der Waals surface area (Å²) in [6, 6.07) is 9.88. The molecular formula is C22H26ClFN2O3. The fraction of sp³-hybridized carbons (Fsp3) is 0.409. The Morgan fingerprint density at radius 1 is 1.14 bits per heavy atom. The second-order valence-electron chi connectivity index (χ2n) is 6.97. The summed E-state index contributed by atoms with van der Waals surface area (Å²) in [6.07, 6.45) is 0.870. The van der Waals surface area contributed by atoms with Crippen molar-refractivity contribution in [1.29, 1.82) is 0 Å². The predicted molar refractivity (Wildman–Crippen MR) is 111 cm³/mol. The Kier molecular flexibility index (Phi) is 7.34. The minimum atomic E-state index is -0.231. The lowest BCUT2D eigenvalue weighted by atomic mass is 10.1. The SMILES string of the molecule is CCOc1c(Cl)cc(C(=O)N2CCCN(Cc3ccc(F)cc3)CC2)cc1OC. The summed E-state index contributed by atoms with van der Waals surface area (Å²) in [6.45, 7) is 5.99. The molecule has 2 aromatic carbocycles. The fourth-order valence-corrected chi connectivity index (χ4v) is 3.76. The molecule has 0 aliphatic carbocycles. The summed E-state index contributed by atoms with van der Waals surface area (Å²) in [7, 11) is 1.53. The van der Waals surface area contributed by atoms with Gasteiger partial charge in [0.1, 0.15) is 5.82 Å². The molecule has 29 heavy (non-hydrogen) atoms. The number of nitrogens with zero attached hydrogens (tertiary/aromatic N) is 2. The molecule has 1 aliphatic rings. The molecule has 7 heteroatoms. The highest BCUT2D eigenvalue weighted by molar-refractivity contribution is 6.32. The van der Waals surface area contributed by atoms with Gasteiger partial charge in [0.2, 0.25) is 0 Å². The van der Waals surface area contributed by atoms with Gasteiger partial charge in [-0.1, -0.05) is 23.7 Å². The second kappa shape index (κ2) is 9.94. The lowest BCUT2D eigenvalue weighted by Gasteiger charge is -2.23. The molecule has 0 spiro atoms. The summed E-state index contributed by atoms with van der Waals surface area (Å²) < 4.78 is 24.0. The van der Waals surface area contributed by atoms with Gasteiger partial charge >= 0.3 is 0 Å². The number of hydrogen-bond donors (Lipinski definition) is 0. The zero-order chi connectivity index (χ0) is 20.8. The average Bonchev–Trinajstić information content (AvgIpc) is 2.96. The van der Waals surface area contributed by atoms with Crippen LogP contribution in [0, 0.1) is 5.82 Å². The Hall–Kier alpha value is -2.31. The standard InChI is InChI=1S/C22H26ClFN2O3/c1-3-29-21-19(23)13-17(14-20(21)28-2)22(27)26-10-4-9-25(11-12-26)15-16-5-7-18(24)8-6-16/h5-8,13-14H,3-4,9-12,15H2,1-2H3. The van der Waals surface area contributed by atoms with Crippen LogP contribution in [0.25, 0.3) is 0 Å². The highest BCUT2D eigenvalue weighted by atomic mass is 35.5. The van der Waals surface area contributed by atoms with Crippen LogP contribution in [0.1, 0.15) is 29.3 Å². The van der Waals surface area contributed by atoms with Crippen molar-refractivity contribution in [3.63, 3.8) is 0 Å². The molecule has 1 amide bonds. The first-order valence-corrected chi connectivity index (χ1v) is 10.2. The first kappa shape index (κ1) is 21.4. The third-order valence-electron chi connectivity index (χ3n) is 4.96. The van der Waals surface area contributed by atoms with E-state index in [4.69, 9.17) is 21.1 Å². The van der Waals surface area contributed by atoms with Crippen molar-refractivity contribution in [2.75, 3.05) is 39.9 Å². The number of methoxy groups -OCH3 is 1. The molecule has 5 nitrogen and oxygen atoms in total.